The fourth-order valence-electron chi connectivity index (χ4n) is 3.46. The predicted octanol–water partition coefficient (Wildman–Crippen LogP) is 5.94. The van der Waals surface area contributed by atoms with E-state index < -0.39 is 6.10 Å². The van der Waals surface area contributed by atoms with E-state index in [0.29, 0.717) is 12.3 Å². The van der Waals surface area contributed by atoms with Crippen LogP contribution < -0.4 is 0 Å². The first-order valence-corrected chi connectivity index (χ1v) is 8.96. The van der Waals surface area contributed by atoms with Gasteiger partial charge in [-0.2, -0.15) is 0 Å². The highest BCUT2D eigenvalue weighted by Crippen LogP contribution is 2.35. The molecule has 2 aromatic rings. The van der Waals surface area contributed by atoms with Crippen molar-refractivity contribution in [3.05, 3.63) is 89.5 Å². The SMILES string of the molecule is OC(C/C=C/CC1CCC/C1=C\c1ccccc1)c1ccccc1. The van der Waals surface area contributed by atoms with Crippen LogP contribution in [-0.2, 0) is 0 Å². The Morgan fingerprint density at radius 2 is 1.67 bits per heavy atom. The minimum atomic E-state index is -0.398. The summed E-state index contributed by atoms with van der Waals surface area (Å²) >= 11 is 0. The highest BCUT2D eigenvalue weighted by atomic mass is 16.3. The second-order valence-electron chi connectivity index (χ2n) is 6.59. The molecule has 1 fully saturated rings. The molecule has 1 heteroatoms. The van der Waals surface area contributed by atoms with Crippen molar-refractivity contribution in [1.82, 2.24) is 0 Å². The summed E-state index contributed by atoms with van der Waals surface area (Å²) in [6.45, 7) is 0. The Hall–Kier alpha value is -2.12. The fraction of sp³-hybridized carbons (Fsp3) is 0.304. The van der Waals surface area contributed by atoms with Gasteiger partial charge in [0.25, 0.3) is 0 Å². The van der Waals surface area contributed by atoms with Crippen LogP contribution in [0.1, 0.15) is 49.3 Å². The molecule has 2 atom stereocenters. The van der Waals surface area contributed by atoms with Crippen LogP contribution in [0.2, 0.25) is 0 Å². The van der Waals surface area contributed by atoms with E-state index in [1.807, 2.05) is 30.3 Å². The Kier molecular flexibility index (Phi) is 6.03. The molecule has 0 aromatic heterocycles. The molecule has 124 valence electrons. The maximum absolute atomic E-state index is 10.2. The Balaban J connectivity index is 1.53. The van der Waals surface area contributed by atoms with Gasteiger partial charge in [-0.1, -0.05) is 84.5 Å². The summed E-state index contributed by atoms with van der Waals surface area (Å²) in [4.78, 5) is 0. The topological polar surface area (TPSA) is 20.2 Å². The summed E-state index contributed by atoms with van der Waals surface area (Å²) < 4.78 is 0. The normalized spacial score (nSPS) is 20.7. The van der Waals surface area contributed by atoms with Gasteiger partial charge in [-0.15, -0.1) is 0 Å². The third kappa shape index (κ3) is 4.69. The molecule has 3 rings (SSSR count). The molecular formula is C23H26O. The molecule has 1 aliphatic rings. The first-order chi connectivity index (χ1) is 11.8. The molecule has 1 saturated carbocycles. The second kappa shape index (κ2) is 8.65. The summed E-state index contributed by atoms with van der Waals surface area (Å²) in [6, 6.07) is 20.5. The maximum atomic E-state index is 10.2. The number of aliphatic hydroxyl groups excluding tert-OH is 1. The highest BCUT2D eigenvalue weighted by molar-refractivity contribution is 5.53. The Morgan fingerprint density at radius 3 is 2.42 bits per heavy atom. The molecule has 0 aliphatic heterocycles. The summed E-state index contributed by atoms with van der Waals surface area (Å²) in [6.07, 6.45) is 11.9. The summed E-state index contributed by atoms with van der Waals surface area (Å²) in [5.41, 5.74) is 3.88. The minimum absolute atomic E-state index is 0.398. The quantitative estimate of drug-likeness (QED) is 0.653. The lowest BCUT2D eigenvalue weighted by Gasteiger charge is -2.10. The van der Waals surface area contributed by atoms with Crippen molar-refractivity contribution in [2.45, 2.75) is 38.2 Å². The van der Waals surface area contributed by atoms with Crippen molar-refractivity contribution >= 4 is 6.08 Å². The monoisotopic (exact) mass is 318 g/mol. The Morgan fingerprint density at radius 1 is 0.958 bits per heavy atom. The lowest BCUT2D eigenvalue weighted by atomic mass is 9.96. The largest absolute Gasteiger partial charge is 0.388 e. The molecule has 0 spiro atoms. The smallest absolute Gasteiger partial charge is 0.0824 e. The molecule has 0 heterocycles. The van der Waals surface area contributed by atoms with E-state index in [-0.39, 0.29) is 0 Å². The third-order valence-corrected chi connectivity index (χ3v) is 4.83. The molecule has 0 amide bonds. The van der Waals surface area contributed by atoms with Crippen LogP contribution in [0.3, 0.4) is 0 Å². The van der Waals surface area contributed by atoms with E-state index >= 15 is 0 Å². The van der Waals surface area contributed by atoms with Gasteiger partial charge < -0.3 is 5.11 Å². The van der Waals surface area contributed by atoms with Crippen LogP contribution in [0.15, 0.2) is 78.4 Å². The van der Waals surface area contributed by atoms with E-state index in [4.69, 9.17) is 0 Å². The molecule has 2 aromatic carbocycles. The number of hydrogen-bond acceptors (Lipinski definition) is 1. The van der Waals surface area contributed by atoms with Crippen LogP contribution in [0.5, 0.6) is 0 Å². The average Bonchev–Trinajstić information content (AvgIpc) is 3.07. The van der Waals surface area contributed by atoms with Crippen molar-refractivity contribution in [1.29, 1.82) is 0 Å². The van der Waals surface area contributed by atoms with Gasteiger partial charge in [0.05, 0.1) is 6.10 Å². The predicted molar refractivity (Wildman–Crippen MR) is 102 cm³/mol. The van der Waals surface area contributed by atoms with Crippen molar-refractivity contribution in [3.8, 4) is 0 Å². The van der Waals surface area contributed by atoms with Crippen molar-refractivity contribution < 1.29 is 5.11 Å². The molecule has 1 nitrogen and oxygen atoms in total. The van der Waals surface area contributed by atoms with Gasteiger partial charge in [0.1, 0.15) is 0 Å². The van der Waals surface area contributed by atoms with Crippen LogP contribution in [0.25, 0.3) is 6.08 Å². The van der Waals surface area contributed by atoms with E-state index in [1.54, 1.807) is 5.57 Å². The summed E-state index contributed by atoms with van der Waals surface area (Å²) in [5.74, 6) is 0.662. The zero-order valence-corrected chi connectivity index (χ0v) is 14.1. The van der Waals surface area contributed by atoms with Gasteiger partial charge in [-0.3, -0.25) is 0 Å². The third-order valence-electron chi connectivity index (χ3n) is 4.83. The van der Waals surface area contributed by atoms with Gasteiger partial charge in [0.15, 0.2) is 0 Å². The number of rotatable bonds is 6. The number of allylic oxidation sites excluding steroid dienone is 2. The lowest BCUT2D eigenvalue weighted by molar-refractivity contribution is 0.181. The van der Waals surface area contributed by atoms with E-state index in [1.165, 1.54) is 24.8 Å². The van der Waals surface area contributed by atoms with Crippen LogP contribution >= 0.6 is 0 Å². The summed E-state index contributed by atoms with van der Waals surface area (Å²) in [7, 11) is 0. The Bertz CT molecular complexity index is 670. The molecule has 0 saturated heterocycles. The molecular weight excluding hydrogens is 292 g/mol. The first kappa shape index (κ1) is 16.7. The van der Waals surface area contributed by atoms with E-state index in [9.17, 15) is 5.11 Å². The lowest BCUT2D eigenvalue weighted by Crippen LogP contribution is -1.96. The molecule has 1 N–H and O–H groups in total. The van der Waals surface area contributed by atoms with Gasteiger partial charge in [0.2, 0.25) is 0 Å². The highest BCUT2D eigenvalue weighted by Gasteiger charge is 2.19. The number of aliphatic hydroxyl groups is 1. The van der Waals surface area contributed by atoms with Gasteiger partial charge in [-0.05, 0) is 49.1 Å². The molecule has 0 radical (unpaired) electrons. The van der Waals surface area contributed by atoms with E-state index in [0.717, 1.165) is 12.0 Å². The van der Waals surface area contributed by atoms with Crippen molar-refractivity contribution in [2.24, 2.45) is 5.92 Å². The molecule has 1 aliphatic carbocycles. The van der Waals surface area contributed by atoms with Crippen LogP contribution in [0.4, 0.5) is 0 Å². The standard InChI is InChI=1S/C23H26O/c24-23(21-13-5-2-6-14-21)17-8-7-12-20-15-9-16-22(20)18-19-10-3-1-4-11-19/h1-8,10-11,13-14,18,20,23-24H,9,12,15-17H2/b8-7+,22-18+. The zero-order valence-electron chi connectivity index (χ0n) is 14.1. The van der Waals surface area contributed by atoms with Gasteiger partial charge >= 0.3 is 0 Å². The molecule has 0 bridgehead atoms. The summed E-state index contributed by atoms with van der Waals surface area (Å²) in [5, 5.41) is 10.2. The average molecular weight is 318 g/mol. The maximum Gasteiger partial charge on any atom is 0.0824 e. The Labute approximate surface area is 145 Å². The van der Waals surface area contributed by atoms with Crippen molar-refractivity contribution in [2.75, 3.05) is 0 Å². The van der Waals surface area contributed by atoms with Gasteiger partial charge in [-0.25, -0.2) is 0 Å². The van der Waals surface area contributed by atoms with Crippen LogP contribution in [0, 0.1) is 5.92 Å². The second-order valence-corrected chi connectivity index (χ2v) is 6.59. The number of benzene rings is 2. The minimum Gasteiger partial charge on any atom is -0.388 e. The number of hydrogen-bond donors (Lipinski definition) is 1. The molecule has 2 unspecified atom stereocenters. The van der Waals surface area contributed by atoms with Crippen molar-refractivity contribution in [3.63, 3.8) is 0 Å². The van der Waals surface area contributed by atoms with Gasteiger partial charge in [0, 0.05) is 0 Å². The first-order valence-electron chi connectivity index (χ1n) is 8.96. The van der Waals surface area contributed by atoms with E-state index in [2.05, 4.69) is 48.6 Å². The molecule has 24 heavy (non-hydrogen) atoms. The zero-order chi connectivity index (χ0) is 16.6. The fourth-order valence-corrected chi connectivity index (χ4v) is 3.46. The van der Waals surface area contributed by atoms with Crippen LogP contribution in [-0.4, -0.2) is 5.11 Å².